The van der Waals surface area contributed by atoms with Crippen LogP contribution in [0.5, 0.6) is 0 Å². The molecule has 0 amide bonds. The van der Waals surface area contributed by atoms with Gasteiger partial charge in [0, 0.05) is 10.0 Å². The van der Waals surface area contributed by atoms with Crippen molar-refractivity contribution in [3.8, 4) is 0 Å². The Balaban J connectivity index is 3.14. The van der Waals surface area contributed by atoms with Crippen molar-refractivity contribution in [1.29, 1.82) is 0 Å². The van der Waals surface area contributed by atoms with Gasteiger partial charge >= 0.3 is 0 Å². The van der Waals surface area contributed by atoms with Gasteiger partial charge in [-0.3, -0.25) is 0 Å². The molecule has 0 aliphatic rings. The van der Waals surface area contributed by atoms with Crippen molar-refractivity contribution in [2.24, 2.45) is 0 Å². The highest BCUT2D eigenvalue weighted by atomic mass is 79.9. The molecule has 0 saturated carbocycles. The predicted octanol–water partition coefficient (Wildman–Crippen LogP) is 4.34. The predicted molar refractivity (Wildman–Crippen MR) is 69.9 cm³/mol. The summed E-state index contributed by atoms with van der Waals surface area (Å²) in [7, 11) is 0. The Morgan fingerprint density at radius 3 is 2.35 bits per heavy atom. The molecule has 1 aromatic carbocycles. The minimum Gasteiger partial charge on any atom is -0.306 e. The fourth-order valence-electron chi connectivity index (χ4n) is 1.64. The molecule has 0 spiro atoms. The van der Waals surface area contributed by atoms with Crippen LogP contribution in [0.25, 0.3) is 0 Å². The molecule has 0 fully saturated rings. The third-order valence-corrected chi connectivity index (χ3v) is 2.88. The molecular weight excluding hydrogens is 288 g/mol. The first-order valence-corrected chi connectivity index (χ1v) is 6.29. The van der Waals surface area contributed by atoms with Crippen molar-refractivity contribution in [1.82, 2.24) is 5.32 Å². The summed E-state index contributed by atoms with van der Waals surface area (Å²) in [5.41, 5.74) is 0.729. The van der Waals surface area contributed by atoms with Crippen LogP contribution in [0, 0.1) is 11.6 Å². The number of hydrogen-bond donors (Lipinski definition) is 1. The third kappa shape index (κ3) is 3.61. The average molecular weight is 304 g/mol. The van der Waals surface area contributed by atoms with E-state index in [4.69, 9.17) is 0 Å². The van der Waals surface area contributed by atoms with Crippen LogP contribution in [0.15, 0.2) is 28.8 Å². The van der Waals surface area contributed by atoms with E-state index in [1.807, 2.05) is 6.92 Å². The molecule has 1 aromatic rings. The Labute approximate surface area is 109 Å². The first-order valence-electron chi connectivity index (χ1n) is 5.50. The summed E-state index contributed by atoms with van der Waals surface area (Å²) < 4.78 is 28.0. The van der Waals surface area contributed by atoms with Gasteiger partial charge in [-0.15, -0.1) is 0 Å². The van der Waals surface area contributed by atoms with Gasteiger partial charge in [0.25, 0.3) is 0 Å². The SMILES string of the molecule is C=C(C)C(NCCC)c1c(F)cc(Br)cc1F. The summed E-state index contributed by atoms with van der Waals surface area (Å²) in [6.07, 6.45) is 0.892. The molecule has 94 valence electrons. The number of hydrogen-bond acceptors (Lipinski definition) is 1. The van der Waals surface area contributed by atoms with Crippen LogP contribution >= 0.6 is 15.9 Å². The van der Waals surface area contributed by atoms with E-state index in [9.17, 15) is 8.78 Å². The highest BCUT2D eigenvalue weighted by Crippen LogP contribution is 2.28. The lowest BCUT2D eigenvalue weighted by Gasteiger charge is -2.20. The maximum absolute atomic E-state index is 13.8. The smallest absolute Gasteiger partial charge is 0.132 e. The number of halogens is 3. The molecule has 17 heavy (non-hydrogen) atoms. The van der Waals surface area contributed by atoms with E-state index in [2.05, 4.69) is 27.8 Å². The van der Waals surface area contributed by atoms with Crippen molar-refractivity contribution in [3.05, 3.63) is 46.0 Å². The van der Waals surface area contributed by atoms with Crippen LogP contribution in [0.2, 0.25) is 0 Å². The van der Waals surface area contributed by atoms with Crippen molar-refractivity contribution in [2.45, 2.75) is 26.3 Å². The Kier molecular flexibility index (Phi) is 5.28. The zero-order valence-electron chi connectivity index (χ0n) is 9.99. The fraction of sp³-hybridized carbons (Fsp3) is 0.385. The van der Waals surface area contributed by atoms with Gasteiger partial charge in [-0.05, 0) is 32.0 Å². The minimum absolute atomic E-state index is 0.0363. The van der Waals surface area contributed by atoms with Gasteiger partial charge in [-0.1, -0.05) is 35.0 Å². The highest BCUT2D eigenvalue weighted by molar-refractivity contribution is 9.10. The summed E-state index contributed by atoms with van der Waals surface area (Å²) in [4.78, 5) is 0. The molecule has 0 radical (unpaired) electrons. The molecule has 1 atom stereocenters. The largest absolute Gasteiger partial charge is 0.306 e. The normalized spacial score (nSPS) is 12.5. The van der Waals surface area contributed by atoms with Gasteiger partial charge in [0.05, 0.1) is 6.04 Å². The lowest BCUT2D eigenvalue weighted by atomic mass is 9.99. The lowest BCUT2D eigenvalue weighted by molar-refractivity contribution is 0.498. The second kappa shape index (κ2) is 6.26. The van der Waals surface area contributed by atoms with Crippen LogP contribution < -0.4 is 5.32 Å². The summed E-state index contributed by atoms with van der Waals surface area (Å²) in [6.45, 7) is 8.22. The zero-order chi connectivity index (χ0) is 13.0. The number of nitrogens with one attached hydrogen (secondary N) is 1. The first-order chi connectivity index (χ1) is 7.97. The molecule has 0 aliphatic heterocycles. The highest BCUT2D eigenvalue weighted by Gasteiger charge is 2.20. The van der Waals surface area contributed by atoms with E-state index in [-0.39, 0.29) is 5.56 Å². The molecule has 1 rings (SSSR count). The molecule has 0 aromatic heterocycles. The van der Waals surface area contributed by atoms with Crippen molar-refractivity contribution in [2.75, 3.05) is 6.54 Å². The van der Waals surface area contributed by atoms with Gasteiger partial charge in [0.1, 0.15) is 11.6 Å². The van der Waals surface area contributed by atoms with Crippen molar-refractivity contribution in [3.63, 3.8) is 0 Å². The second-order valence-corrected chi connectivity index (χ2v) is 4.93. The molecule has 0 heterocycles. The van der Waals surface area contributed by atoms with Crippen LogP contribution in [0.1, 0.15) is 31.9 Å². The van der Waals surface area contributed by atoms with Crippen molar-refractivity contribution >= 4 is 15.9 Å². The Hall–Kier alpha value is -0.740. The quantitative estimate of drug-likeness (QED) is 0.798. The Morgan fingerprint density at radius 2 is 1.94 bits per heavy atom. The van der Waals surface area contributed by atoms with Gasteiger partial charge in [0.15, 0.2) is 0 Å². The molecule has 0 saturated heterocycles. The van der Waals surface area contributed by atoms with E-state index in [1.54, 1.807) is 6.92 Å². The standard InChI is InChI=1S/C13H16BrF2N/c1-4-5-17-13(8(2)3)12-10(15)6-9(14)7-11(12)16/h6-7,13,17H,2,4-5H2,1,3H3. The third-order valence-electron chi connectivity index (χ3n) is 2.42. The zero-order valence-corrected chi connectivity index (χ0v) is 11.6. The Morgan fingerprint density at radius 1 is 1.41 bits per heavy atom. The molecule has 0 bridgehead atoms. The van der Waals surface area contributed by atoms with Crippen molar-refractivity contribution < 1.29 is 8.78 Å². The van der Waals surface area contributed by atoms with Crippen LogP contribution in [-0.4, -0.2) is 6.54 Å². The van der Waals surface area contributed by atoms with Crippen LogP contribution in [0.4, 0.5) is 8.78 Å². The van der Waals surface area contributed by atoms with E-state index in [1.165, 1.54) is 12.1 Å². The summed E-state index contributed by atoms with van der Waals surface area (Å²) >= 11 is 3.06. The minimum atomic E-state index is -0.562. The maximum Gasteiger partial charge on any atom is 0.132 e. The molecule has 0 aliphatic carbocycles. The topological polar surface area (TPSA) is 12.0 Å². The van der Waals surface area contributed by atoms with Gasteiger partial charge in [-0.25, -0.2) is 8.78 Å². The maximum atomic E-state index is 13.8. The van der Waals surface area contributed by atoms with Gasteiger partial charge < -0.3 is 5.32 Å². The fourth-order valence-corrected chi connectivity index (χ4v) is 2.04. The van der Waals surface area contributed by atoms with E-state index in [0.29, 0.717) is 16.6 Å². The monoisotopic (exact) mass is 303 g/mol. The molecule has 4 heteroatoms. The number of benzene rings is 1. The summed E-state index contributed by atoms with van der Waals surface area (Å²) in [5.74, 6) is -1.12. The van der Waals surface area contributed by atoms with Crippen LogP contribution in [-0.2, 0) is 0 Å². The Bertz CT molecular complexity index is 395. The van der Waals surface area contributed by atoms with Crippen LogP contribution in [0.3, 0.4) is 0 Å². The second-order valence-electron chi connectivity index (χ2n) is 4.02. The molecular formula is C13H16BrF2N. The van der Waals surface area contributed by atoms with E-state index in [0.717, 1.165) is 6.42 Å². The molecule has 1 N–H and O–H groups in total. The lowest BCUT2D eigenvalue weighted by Crippen LogP contribution is -2.24. The average Bonchev–Trinajstić information content (AvgIpc) is 2.20. The van der Waals surface area contributed by atoms with Gasteiger partial charge in [0.2, 0.25) is 0 Å². The van der Waals surface area contributed by atoms with Gasteiger partial charge in [-0.2, -0.15) is 0 Å². The van der Waals surface area contributed by atoms with E-state index < -0.39 is 17.7 Å². The number of rotatable bonds is 5. The summed E-state index contributed by atoms with van der Waals surface area (Å²) in [5, 5.41) is 3.09. The first kappa shape index (κ1) is 14.3. The molecule has 1 nitrogen and oxygen atoms in total. The summed E-state index contributed by atoms with van der Waals surface area (Å²) in [6, 6.07) is 2.05. The van der Waals surface area contributed by atoms with E-state index >= 15 is 0 Å². The molecule has 1 unspecified atom stereocenters.